The largest absolute Gasteiger partial charge is 0.295 e. The number of nitrogens with one attached hydrogen (secondary N) is 1. The van der Waals surface area contributed by atoms with E-state index in [-0.39, 0.29) is 16.8 Å². The maximum atomic E-state index is 11.6. The van der Waals surface area contributed by atoms with E-state index in [1.807, 2.05) is 0 Å². The van der Waals surface area contributed by atoms with Crippen LogP contribution in [0.4, 0.5) is 5.13 Å². The minimum atomic E-state index is -0.389. The van der Waals surface area contributed by atoms with Gasteiger partial charge in [-0.3, -0.25) is 10.1 Å². The van der Waals surface area contributed by atoms with Crippen LogP contribution in [0.25, 0.3) is 0 Å². The van der Waals surface area contributed by atoms with Gasteiger partial charge in [0, 0.05) is 11.5 Å². The summed E-state index contributed by atoms with van der Waals surface area (Å²) < 4.78 is 3.94. The minimum Gasteiger partial charge on any atom is -0.295 e. The van der Waals surface area contributed by atoms with E-state index in [9.17, 15) is 4.79 Å². The third kappa shape index (κ3) is 2.50. The molecule has 0 spiro atoms. The summed E-state index contributed by atoms with van der Waals surface area (Å²) in [5.74, 6) is 0.225. The topological polar surface area (TPSA) is 80.7 Å². The van der Waals surface area contributed by atoms with Gasteiger partial charge in [0.15, 0.2) is 10.8 Å². The fourth-order valence-electron chi connectivity index (χ4n) is 0.946. The Morgan fingerprint density at radius 2 is 2.25 bits per heavy atom. The van der Waals surface area contributed by atoms with Gasteiger partial charge in [-0.25, -0.2) is 4.98 Å². The molecule has 2 aromatic rings. The van der Waals surface area contributed by atoms with E-state index in [2.05, 4.69) is 24.9 Å². The molecule has 2 heterocycles. The maximum absolute atomic E-state index is 11.6. The van der Waals surface area contributed by atoms with Crippen LogP contribution in [0.1, 0.15) is 16.3 Å². The van der Waals surface area contributed by atoms with Gasteiger partial charge in [0.05, 0.1) is 0 Å². The molecule has 1 amide bonds. The minimum absolute atomic E-state index is 0.178. The maximum Gasteiger partial charge on any atom is 0.277 e. The number of nitrogens with zero attached hydrogens (tertiary/aromatic N) is 4. The van der Waals surface area contributed by atoms with Crippen LogP contribution in [-0.4, -0.2) is 25.5 Å². The summed E-state index contributed by atoms with van der Waals surface area (Å²) in [6, 6.07) is 2.98. The molecule has 0 atom stereocenters. The molecule has 0 saturated heterocycles. The molecule has 0 aliphatic carbocycles. The summed E-state index contributed by atoms with van der Waals surface area (Å²) in [5.41, 5.74) is 0.178. The monoisotopic (exact) mass is 255 g/mol. The van der Waals surface area contributed by atoms with Gasteiger partial charge < -0.3 is 0 Å². The molecule has 0 bridgehead atoms. The standard InChI is InChI=1S/C8H6ClN5OS/c1-4-10-8(16-14-4)11-7(15)5-2-3-6(9)13-12-5/h2-3H,1H3,(H,10,11,14,15). The second-order valence-electron chi connectivity index (χ2n) is 2.84. The first-order valence-corrected chi connectivity index (χ1v) is 5.41. The lowest BCUT2D eigenvalue weighted by Gasteiger charge is -1.98. The van der Waals surface area contributed by atoms with Crippen molar-refractivity contribution in [3.05, 3.63) is 28.8 Å². The Morgan fingerprint density at radius 3 is 2.81 bits per heavy atom. The Labute approximate surface area is 99.9 Å². The molecule has 0 aliphatic rings. The number of aryl methyl sites for hydroxylation is 1. The molecule has 8 heteroatoms. The summed E-state index contributed by atoms with van der Waals surface area (Å²) >= 11 is 6.66. The quantitative estimate of drug-likeness (QED) is 0.880. The lowest BCUT2D eigenvalue weighted by atomic mass is 10.4. The van der Waals surface area contributed by atoms with E-state index < -0.39 is 0 Å². The fourth-order valence-corrected chi connectivity index (χ4v) is 1.62. The molecule has 2 rings (SSSR count). The summed E-state index contributed by atoms with van der Waals surface area (Å²) in [6.45, 7) is 1.74. The highest BCUT2D eigenvalue weighted by Crippen LogP contribution is 2.11. The normalized spacial score (nSPS) is 10.1. The molecule has 0 radical (unpaired) electrons. The number of amides is 1. The molecule has 0 aromatic carbocycles. The summed E-state index contributed by atoms with van der Waals surface area (Å²) in [6.07, 6.45) is 0. The van der Waals surface area contributed by atoms with E-state index in [4.69, 9.17) is 11.6 Å². The number of carbonyl (C=O) groups excluding carboxylic acids is 1. The van der Waals surface area contributed by atoms with Crippen molar-refractivity contribution in [2.45, 2.75) is 6.92 Å². The van der Waals surface area contributed by atoms with Crippen LogP contribution in [0.5, 0.6) is 0 Å². The van der Waals surface area contributed by atoms with Crippen LogP contribution in [0.15, 0.2) is 12.1 Å². The molecule has 0 unspecified atom stereocenters. The van der Waals surface area contributed by atoms with Crippen molar-refractivity contribution in [3.8, 4) is 0 Å². The average molecular weight is 256 g/mol. The second kappa shape index (κ2) is 4.50. The zero-order valence-electron chi connectivity index (χ0n) is 8.14. The number of halogens is 1. The van der Waals surface area contributed by atoms with Crippen molar-refractivity contribution in [2.75, 3.05) is 5.32 Å². The van der Waals surface area contributed by atoms with Crippen LogP contribution in [0.3, 0.4) is 0 Å². The third-order valence-corrected chi connectivity index (χ3v) is 2.54. The Bertz CT molecular complexity index is 511. The Hall–Kier alpha value is -1.60. The highest BCUT2D eigenvalue weighted by molar-refractivity contribution is 7.09. The average Bonchev–Trinajstić information content (AvgIpc) is 2.65. The first-order valence-electron chi connectivity index (χ1n) is 4.26. The van der Waals surface area contributed by atoms with Crippen molar-refractivity contribution in [1.82, 2.24) is 19.6 Å². The highest BCUT2D eigenvalue weighted by atomic mass is 35.5. The van der Waals surface area contributed by atoms with Crippen LogP contribution >= 0.6 is 23.1 Å². The fraction of sp³-hybridized carbons (Fsp3) is 0.125. The SMILES string of the molecule is Cc1nsc(NC(=O)c2ccc(Cl)nn2)n1. The number of anilines is 1. The molecule has 2 aromatic heterocycles. The first kappa shape index (κ1) is 10.9. The van der Waals surface area contributed by atoms with Gasteiger partial charge in [-0.15, -0.1) is 10.2 Å². The second-order valence-corrected chi connectivity index (χ2v) is 3.98. The molecule has 0 fully saturated rings. The lowest BCUT2D eigenvalue weighted by Crippen LogP contribution is -2.14. The van der Waals surface area contributed by atoms with E-state index in [1.165, 1.54) is 12.1 Å². The molecular formula is C8H6ClN5OS. The first-order chi connectivity index (χ1) is 7.65. The number of hydrogen-bond donors (Lipinski definition) is 1. The molecular weight excluding hydrogens is 250 g/mol. The van der Waals surface area contributed by atoms with Crippen molar-refractivity contribution in [2.24, 2.45) is 0 Å². The Morgan fingerprint density at radius 1 is 1.44 bits per heavy atom. The zero-order chi connectivity index (χ0) is 11.5. The summed E-state index contributed by atoms with van der Waals surface area (Å²) in [4.78, 5) is 15.6. The predicted molar refractivity (Wildman–Crippen MR) is 59.6 cm³/mol. The third-order valence-electron chi connectivity index (χ3n) is 1.61. The van der Waals surface area contributed by atoms with Gasteiger partial charge >= 0.3 is 0 Å². The molecule has 16 heavy (non-hydrogen) atoms. The Balaban J connectivity index is 2.11. The van der Waals surface area contributed by atoms with E-state index in [0.717, 1.165) is 11.5 Å². The van der Waals surface area contributed by atoms with Gasteiger partial charge in [-0.1, -0.05) is 11.6 Å². The van der Waals surface area contributed by atoms with E-state index in [0.29, 0.717) is 11.0 Å². The summed E-state index contributed by atoms with van der Waals surface area (Å²) in [7, 11) is 0. The highest BCUT2D eigenvalue weighted by Gasteiger charge is 2.10. The van der Waals surface area contributed by atoms with Crippen molar-refractivity contribution >= 4 is 34.2 Å². The van der Waals surface area contributed by atoms with Gasteiger partial charge in [0.2, 0.25) is 5.13 Å². The summed E-state index contributed by atoms with van der Waals surface area (Å²) in [5, 5.41) is 10.4. The van der Waals surface area contributed by atoms with Crippen LogP contribution < -0.4 is 5.32 Å². The number of carbonyl (C=O) groups is 1. The van der Waals surface area contributed by atoms with Crippen molar-refractivity contribution in [1.29, 1.82) is 0 Å². The van der Waals surface area contributed by atoms with Gasteiger partial charge in [0.1, 0.15) is 5.82 Å². The van der Waals surface area contributed by atoms with Crippen molar-refractivity contribution < 1.29 is 4.79 Å². The smallest absolute Gasteiger partial charge is 0.277 e. The van der Waals surface area contributed by atoms with Crippen LogP contribution in [-0.2, 0) is 0 Å². The van der Waals surface area contributed by atoms with E-state index in [1.54, 1.807) is 6.92 Å². The van der Waals surface area contributed by atoms with E-state index >= 15 is 0 Å². The van der Waals surface area contributed by atoms with Crippen LogP contribution in [0.2, 0.25) is 5.15 Å². The van der Waals surface area contributed by atoms with Gasteiger partial charge in [-0.2, -0.15) is 4.37 Å². The zero-order valence-corrected chi connectivity index (χ0v) is 9.71. The molecule has 82 valence electrons. The number of aromatic nitrogens is 4. The molecule has 1 N–H and O–H groups in total. The predicted octanol–water partition coefficient (Wildman–Crippen LogP) is 1.54. The lowest BCUT2D eigenvalue weighted by molar-refractivity contribution is 0.102. The molecule has 0 aliphatic heterocycles. The molecule has 0 saturated carbocycles. The van der Waals surface area contributed by atoms with Crippen molar-refractivity contribution in [3.63, 3.8) is 0 Å². The van der Waals surface area contributed by atoms with Crippen LogP contribution in [0, 0.1) is 6.92 Å². The van der Waals surface area contributed by atoms with Gasteiger partial charge in [0.25, 0.3) is 5.91 Å². The molecule has 6 nitrogen and oxygen atoms in total. The van der Waals surface area contributed by atoms with Gasteiger partial charge in [-0.05, 0) is 19.1 Å². The number of rotatable bonds is 2. The number of hydrogen-bond acceptors (Lipinski definition) is 6. The Kier molecular flexibility index (Phi) is 3.07.